The number of carbonyl (C=O) groups is 2. The number of anilines is 2. The van der Waals surface area contributed by atoms with Crippen LogP contribution in [0.25, 0.3) is 33.3 Å². The second kappa shape index (κ2) is 10.9. The van der Waals surface area contributed by atoms with Crippen molar-refractivity contribution in [2.24, 2.45) is 0 Å². The molecule has 40 heavy (non-hydrogen) atoms. The summed E-state index contributed by atoms with van der Waals surface area (Å²) in [6.07, 6.45) is -0.691. The third-order valence-electron chi connectivity index (χ3n) is 6.79. The average molecular weight is 527 g/mol. The molecule has 6 nitrogen and oxygen atoms in total. The van der Waals surface area contributed by atoms with E-state index in [4.69, 9.17) is 9.15 Å². The minimum atomic E-state index is -1.00. The summed E-state index contributed by atoms with van der Waals surface area (Å²) in [5.74, 6) is -0.502. The van der Waals surface area contributed by atoms with Crippen LogP contribution in [0.4, 0.5) is 11.4 Å². The number of benzene rings is 5. The monoisotopic (exact) mass is 526 g/mol. The van der Waals surface area contributed by atoms with Crippen LogP contribution >= 0.6 is 0 Å². The molecule has 196 valence electrons. The number of hydrogen-bond acceptors (Lipinski definition) is 5. The highest BCUT2D eigenvalue weighted by molar-refractivity contribution is 6.11. The Hall–Kier alpha value is -5.23. The normalized spacial score (nSPS) is 11.8. The van der Waals surface area contributed by atoms with E-state index >= 15 is 0 Å². The number of hydrogen-bond donors (Lipinski definition) is 0. The van der Waals surface area contributed by atoms with Crippen LogP contribution in [0.2, 0.25) is 0 Å². The highest BCUT2D eigenvalue weighted by atomic mass is 16.5. The van der Waals surface area contributed by atoms with Gasteiger partial charge in [0.05, 0.1) is 5.56 Å². The Morgan fingerprint density at radius 3 is 2.05 bits per heavy atom. The molecule has 0 aliphatic carbocycles. The Labute approximate surface area is 231 Å². The summed E-state index contributed by atoms with van der Waals surface area (Å²) in [6.45, 7) is 1.83. The quantitative estimate of drug-likeness (QED) is 0.197. The molecule has 0 fully saturated rings. The van der Waals surface area contributed by atoms with Crippen LogP contribution < -0.4 is 4.90 Å². The lowest BCUT2D eigenvalue weighted by Gasteiger charge is -2.27. The Morgan fingerprint density at radius 1 is 0.775 bits per heavy atom. The van der Waals surface area contributed by atoms with Crippen molar-refractivity contribution in [3.05, 3.63) is 127 Å². The first-order valence-corrected chi connectivity index (χ1v) is 13.2. The molecule has 6 aromatic rings. The topological polar surface area (TPSA) is 72.6 Å². The molecular formula is C34H26N2O4. The molecule has 0 aliphatic heterocycles. The predicted molar refractivity (Wildman–Crippen MR) is 156 cm³/mol. The van der Waals surface area contributed by atoms with Gasteiger partial charge in [0, 0.05) is 22.3 Å². The third kappa shape index (κ3) is 4.71. The summed E-state index contributed by atoms with van der Waals surface area (Å²) in [7, 11) is 0. The molecule has 1 amide bonds. The summed E-state index contributed by atoms with van der Waals surface area (Å²) in [6, 6.07) is 37.4. The number of oxazole rings is 1. The van der Waals surface area contributed by atoms with Crippen LogP contribution in [0.15, 0.2) is 126 Å². The van der Waals surface area contributed by atoms with Gasteiger partial charge < -0.3 is 9.15 Å². The SMILES string of the molecule is CCC(OC(=O)c1cccc2cccc(-c3nc4ccccc4o3)c12)C(=O)N(c1ccccc1)c1ccccc1. The summed E-state index contributed by atoms with van der Waals surface area (Å²) >= 11 is 0. The van der Waals surface area contributed by atoms with Gasteiger partial charge in [-0.25, -0.2) is 9.78 Å². The first-order chi connectivity index (χ1) is 19.6. The van der Waals surface area contributed by atoms with E-state index < -0.39 is 12.1 Å². The fraction of sp³-hybridized carbons (Fsp3) is 0.0882. The molecular weight excluding hydrogens is 500 g/mol. The molecule has 0 N–H and O–H groups in total. The number of para-hydroxylation sites is 4. The van der Waals surface area contributed by atoms with Gasteiger partial charge in [0.25, 0.3) is 5.91 Å². The van der Waals surface area contributed by atoms with E-state index in [2.05, 4.69) is 4.98 Å². The zero-order valence-corrected chi connectivity index (χ0v) is 21.9. The van der Waals surface area contributed by atoms with Gasteiger partial charge in [0.1, 0.15) is 5.52 Å². The van der Waals surface area contributed by atoms with Gasteiger partial charge in [0.15, 0.2) is 11.7 Å². The number of amides is 1. The van der Waals surface area contributed by atoms with Gasteiger partial charge in [0.2, 0.25) is 5.89 Å². The lowest BCUT2D eigenvalue weighted by atomic mass is 9.99. The molecule has 0 aliphatic rings. The molecule has 0 saturated heterocycles. The van der Waals surface area contributed by atoms with Crippen molar-refractivity contribution < 1.29 is 18.7 Å². The molecule has 0 radical (unpaired) electrons. The summed E-state index contributed by atoms with van der Waals surface area (Å²) in [5.41, 5.74) is 3.79. The minimum absolute atomic E-state index is 0.309. The highest BCUT2D eigenvalue weighted by Crippen LogP contribution is 2.34. The molecule has 1 unspecified atom stereocenters. The maximum absolute atomic E-state index is 13.9. The fourth-order valence-corrected chi connectivity index (χ4v) is 4.88. The lowest BCUT2D eigenvalue weighted by Crippen LogP contribution is -2.38. The first-order valence-electron chi connectivity index (χ1n) is 13.2. The molecule has 0 saturated carbocycles. The van der Waals surface area contributed by atoms with Crippen molar-refractivity contribution in [1.82, 2.24) is 4.98 Å². The van der Waals surface area contributed by atoms with Crippen LogP contribution in [0.3, 0.4) is 0 Å². The molecule has 1 heterocycles. The fourth-order valence-electron chi connectivity index (χ4n) is 4.88. The van der Waals surface area contributed by atoms with E-state index in [0.717, 1.165) is 10.9 Å². The van der Waals surface area contributed by atoms with Crippen LogP contribution in [0.1, 0.15) is 23.7 Å². The van der Waals surface area contributed by atoms with E-state index in [1.165, 1.54) is 0 Å². The van der Waals surface area contributed by atoms with E-state index in [1.807, 2.05) is 116 Å². The average Bonchev–Trinajstić information content (AvgIpc) is 3.44. The van der Waals surface area contributed by atoms with Crippen LogP contribution in [-0.4, -0.2) is 23.0 Å². The van der Waals surface area contributed by atoms with Crippen LogP contribution in [-0.2, 0) is 9.53 Å². The number of fused-ring (bicyclic) bond motifs is 2. The molecule has 5 aromatic carbocycles. The zero-order valence-electron chi connectivity index (χ0n) is 21.9. The maximum atomic E-state index is 13.9. The second-order valence-corrected chi connectivity index (χ2v) is 9.34. The number of nitrogens with zero attached hydrogens (tertiary/aromatic N) is 2. The number of esters is 1. The standard InChI is InChI=1S/C34H26N2O4/c1-2-29(33(37)36(24-15-5-3-6-16-24)25-17-7-4-8-18-25)40-34(38)27-20-12-14-23-13-11-19-26(31(23)27)32-35-28-21-9-10-22-30(28)39-32/h3-22,29H,2H2,1H3. The molecule has 1 aromatic heterocycles. The predicted octanol–water partition coefficient (Wildman–Crippen LogP) is 7.95. The zero-order chi connectivity index (χ0) is 27.5. The van der Waals surface area contributed by atoms with E-state index in [1.54, 1.807) is 17.0 Å². The van der Waals surface area contributed by atoms with E-state index in [-0.39, 0.29) is 5.91 Å². The smallest absolute Gasteiger partial charge is 0.339 e. The van der Waals surface area contributed by atoms with Crippen molar-refractivity contribution in [3.63, 3.8) is 0 Å². The van der Waals surface area contributed by atoms with Gasteiger partial charge in [-0.05, 0) is 60.3 Å². The second-order valence-electron chi connectivity index (χ2n) is 9.34. The van der Waals surface area contributed by atoms with Crippen LogP contribution in [0, 0.1) is 0 Å². The first kappa shape index (κ1) is 25.1. The third-order valence-corrected chi connectivity index (χ3v) is 6.79. The van der Waals surface area contributed by atoms with E-state index in [9.17, 15) is 9.59 Å². The van der Waals surface area contributed by atoms with Crippen molar-refractivity contribution in [1.29, 1.82) is 0 Å². The van der Waals surface area contributed by atoms with E-state index in [0.29, 0.717) is 45.8 Å². The molecule has 0 spiro atoms. The Balaban J connectivity index is 1.37. The molecule has 1 atom stereocenters. The van der Waals surface area contributed by atoms with Crippen LogP contribution in [0.5, 0.6) is 0 Å². The van der Waals surface area contributed by atoms with Gasteiger partial charge >= 0.3 is 5.97 Å². The van der Waals surface area contributed by atoms with Crippen molar-refractivity contribution in [2.45, 2.75) is 19.4 Å². The number of carbonyl (C=O) groups excluding carboxylic acids is 2. The summed E-state index contributed by atoms with van der Waals surface area (Å²) in [4.78, 5) is 33.9. The Bertz CT molecular complexity index is 1730. The number of rotatable bonds is 7. The van der Waals surface area contributed by atoms with Crippen molar-refractivity contribution >= 4 is 45.1 Å². The Kier molecular flexibility index (Phi) is 6.81. The van der Waals surface area contributed by atoms with Gasteiger partial charge in [-0.3, -0.25) is 9.69 Å². The largest absolute Gasteiger partial charge is 0.449 e. The molecule has 0 bridgehead atoms. The maximum Gasteiger partial charge on any atom is 0.339 e. The molecule has 6 rings (SSSR count). The minimum Gasteiger partial charge on any atom is -0.449 e. The summed E-state index contributed by atoms with van der Waals surface area (Å²) in [5, 5.41) is 1.50. The van der Waals surface area contributed by atoms with Gasteiger partial charge in [-0.2, -0.15) is 0 Å². The van der Waals surface area contributed by atoms with Crippen molar-refractivity contribution in [2.75, 3.05) is 4.90 Å². The summed E-state index contributed by atoms with van der Waals surface area (Å²) < 4.78 is 12.0. The highest BCUT2D eigenvalue weighted by Gasteiger charge is 2.30. The number of aromatic nitrogens is 1. The Morgan fingerprint density at radius 2 is 1.40 bits per heavy atom. The van der Waals surface area contributed by atoms with Gasteiger partial charge in [-0.15, -0.1) is 0 Å². The van der Waals surface area contributed by atoms with Crippen molar-refractivity contribution in [3.8, 4) is 11.5 Å². The van der Waals surface area contributed by atoms with Gasteiger partial charge in [-0.1, -0.05) is 79.7 Å². The number of ether oxygens (including phenoxy) is 1. The lowest BCUT2D eigenvalue weighted by molar-refractivity contribution is -0.126. The molecule has 6 heteroatoms.